The fourth-order valence-corrected chi connectivity index (χ4v) is 1.66. The highest BCUT2D eigenvalue weighted by atomic mass is 16.1. The van der Waals surface area contributed by atoms with Crippen LogP contribution in [-0.2, 0) is 11.3 Å². The molecule has 0 radical (unpaired) electrons. The Morgan fingerprint density at radius 2 is 2.26 bits per heavy atom. The van der Waals surface area contributed by atoms with Crippen LogP contribution in [0.3, 0.4) is 0 Å². The van der Waals surface area contributed by atoms with Crippen LogP contribution in [0.5, 0.6) is 0 Å². The van der Waals surface area contributed by atoms with Crippen molar-refractivity contribution in [2.75, 3.05) is 5.32 Å². The molecule has 0 aliphatic heterocycles. The number of aromatic nitrogens is 5. The van der Waals surface area contributed by atoms with Gasteiger partial charge in [-0.3, -0.25) is 14.2 Å². The van der Waals surface area contributed by atoms with Gasteiger partial charge >= 0.3 is 0 Å². The SMILES string of the molecule is CC(C)n1cc(NC(=O)CCCn2cncn2)cn1. The Kier molecular flexibility index (Phi) is 4.27. The number of carbonyl (C=O) groups is 1. The third-order valence-corrected chi connectivity index (χ3v) is 2.67. The molecule has 1 N–H and O–H groups in total. The molecule has 2 aromatic rings. The molecule has 0 aromatic carbocycles. The maximum Gasteiger partial charge on any atom is 0.224 e. The van der Waals surface area contributed by atoms with Gasteiger partial charge in [0.05, 0.1) is 11.9 Å². The van der Waals surface area contributed by atoms with Gasteiger partial charge in [-0.2, -0.15) is 10.2 Å². The van der Waals surface area contributed by atoms with Crippen LogP contribution in [0.1, 0.15) is 32.7 Å². The number of carbonyl (C=O) groups excluding carboxylic acids is 1. The molecule has 102 valence electrons. The van der Waals surface area contributed by atoms with Gasteiger partial charge < -0.3 is 5.32 Å². The average molecular weight is 262 g/mol. The summed E-state index contributed by atoms with van der Waals surface area (Å²) in [5.74, 6) is -0.0107. The quantitative estimate of drug-likeness (QED) is 0.855. The Morgan fingerprint density at radius 1 is 1.42 bits per heavy atom. The van der Waals surface area contributed by atoms with Gasteiger partial charge in [-0.25, -0.2) is 4.98 Å². The van der Waals surface area contributed by atoms with E-state index in [2.05, 4.69) is 20.5 Å². The molecule has 1 amide bonds. The van der Waals surface area contributed by atoms with Crippen LogP contribution in [0.25, 0.3) is 0 Å². The average Bonchev–Trinajstić information content (AvgIpc) is 3.00. The summed E-state index contributed by atoms with van der Waals surface area (Å²) in [5.41, 5.74) is 0.736. The Balaban J connectivity index is 1.74. The van der Waals surface area contributed by atoms with Gasteiger partial charge in [-0.15, -0.1) is 0 Å². The number of aryl methyl sites for hydroxylation is 1. The zero-order valence-corrected chi connectivity index (χ0v) is 11.2. The molecule has 2 aromatic heterocycles. The molecule has 2 heterocycles. The maximum absolute atomic E-state index is 11.7. The van der Waals surface area contributed by atoms with E-state index in [0.29, 0.717) is 13.0 Å². The van der Waals surface area contributed by atoms with Crippen molar-refractivity contribution in [3.63, 3.8) is 0 Å². The summed E-state index contributed by atoms with van der Waals surface area (Å²) in [5, 5.41) is 11.0. The highest BCUT2D eigenvalue weighted by Gasteiger charge is 2.06. The molecular formula is C12H18N6O. The van der Waals surface area contributed by atoms with Gasteiger partial charge in [0.1, 0.15) is 12.7 Å². The summed E-state index contributed by atoms with van der Waals surface area (Å²) in [7, 11) is 0. The molecule has 7 nitrogen and oxygen atoms in total. The zero-order chi connectivity index (χ0) is 13.7. The predicted octanol–water partition coefficient (Wildman–Crippen LogP) is 1.47. The Labute approximate surface area is 111 Å². The van der Waals surface area contributed by atoms with Crippen molar-refractivity contribution in [3.8, 4) is 0 Å². The summed E-state index contributed by atoms with van der Waals surface area (Å²) < 4.78 is 3.52. The molecule has 7 heteroatoms. The third kappa shape index (κ3) is 3.90. The van der Waals surface area contributed by atoms with E-state index in [9.17, 15) is 4.79 Å². The van der Waals surface area contributed by atoms with E-state index in [-0.39, 0.29) is 11.9 Å². The normalized spacial score (nSPS) is 10.9. The minimum absolute atomic E-state index is 0.0107. The predicted molar refractivity (Wildman–Crippen MR) is 70.5 cm³/mol. The lowest BCUT2D eigenvalue weighted by molar-refractivity contribution is -0.116. The number of nitrogens with zero attached hydrogens (tertiary/aromatic N) is 5. The first kappa shape index (κ1) is 13.3. The van der Waals surface area contributed by atoms with E-state index in [1.807, 2.05) is 24.7 Å². The maximum atomic E-state index is 11.7. The summed E-state index contributed by atoms with van der Waals surface area (Å²) in [4.78, 5) is 15.6. The monoisotopic (exact) mass is 262 g/mol. The van der Waals surface area contributed by atoms with E-state index in [1.54, 1.807) is 17.2 Å². The Morgan fingerprint density at radius 3 is 2.89 bits per heavy atom. The van der Waals surface area contributed by atoms with Crippen molar-refractivity contribution in [1.29, 1.82) is 0 Å². The summed E-state index contributed by atoms with van der Waals surface area (Å²) in [6.45, 7) is 4.77. The highest BCUT2D eigenvalue weighted by molar-refractivity contribution is 5.90. The molecule has 0 bridgehead atoms. The van der Waals surface area contributed by atoms with Crippen LogP contribution in [0.15, 0.2) is 25.0 Å². The first-order valence-electron chi connectivity index (χ1n) is 6.31. The summed E-state index contributed by atoms with van der Waals surface area (Å²) in [6, 6.07) is 0.290. The highest BCUT2D eigenvalue weighted by Crippen LogP contribution is 2.10. The Hall–Kier alpha value is -2.18. The molecule has 0 saturated carbocycles. The number of rotatable bonds is 6. The van der Waals surface area contributed by atoms with E-state index in [1.165, 1.54) is 6.33 Å². The van der Waals surface area contributed by atoms with Gasteiger partial charge in [0.25, 0.3) is 0 Å². The second-order valence-corrected chi connectivity index (χ2v) is 4.61. The van der Waals surface area contributed by atoms with Gasteiger partial charge in [0.15, 0.2) is 0 Å². The second kappa shape index (κ2) is 6.12. The largest absolute Gasteiger partial charge is 0.323 e. The lowest BCUT2D eigenvalue weighted by Gasteiger charge is -2.04. The van der Waals surface area contributed by atoms with Crippen molar-refractivity contribution >= 4 is 11.6 Å². The summed E-state index contributed by atoms with van der Waals surface area (Å²) >= 11 is 0. The minimum Gasteiger partial charge on any atom is -0.323 e. The molecule has 0 fully saturated rings. The Bertz CT molecular complexity index is 516. The molecular weight excluding hydrogens is 244 g/mol. The topological polar surface area (TPSA) is 77.6 Å². The second-order valence-electron chi connectivity index (χ2n) is 4.61. The molecule has 0 aliphatic carbocycles. The van der Waals surface area contributed by atoms with Crippen LogP contribution >= 0.6 is 0 Å². The number of nitrogens with one attached hydrogen (secondary N) is 1. The molecule has 0 aliphatic rings. The standard InChI is InChI=1S/C12H18N6O/c1-10(2)18-7-11(6-14-18)16-12(19)4-3-5-17-9-13-8-15-17/h6-10H,3-5H2,1-2H3,(H,16,19). The number of anilines is 1. The zero-order valence-electron chi connectivity index (χ0n) is 11.2. The van der Waals surface area contributed by atoms with Crippen LogP contribution in [0, 0.1) is 0 Å². The van der Waals surface area contributed by atoms with Crippen LogP contribution in [0.2, 0.25) is 0 Å². The fraction of sp³-hybridized carbons (Fsp3) is 0.500. The van der Waals surface area contributed by atoms with Crippen molar-refractivity contribution in [3.05, 3.63) is 25.0 Å². The van der Waals surface area contributed by atoms with E-state index in [0.717, 1.165) is 12.1 Å². The molecule has 0 spiro atoms. The number of hydrogen-bond donors (Lipinski definition) is 1. The van der Waals surface area contributed by atoms with E-state index >= 15 is 0 Å². The number of amides is 1. The molecule has 0 atom stereocenters. The van der Waals surface area contributed by atoms with Crippen molar-refractivity contribution in [2.45, 2.75) is 39.3 Å². The lowest BCUT2D eigenvalue weighted by atomic mass is 10.3. The van der Waals surface area contributed by atoms with Crippen LogP contribution in [0.4, 0.5) is 5.69 Å². The number of hydrogen-bond acceptors (Lipinski definition) is 4. The first-order chi connectivity index (χ1) is 9.15. The van der Waals surface area contributed by atoms with Crippen molar-refractivity contribution in [2.24, 2.45) is 0 Å². The van der Waals surface area contributed by atoms with E-state index < -0.39 is 0 Å². The molecule has 19 heavy (non-hydrogen) atoms. The van der Waals surface area contributed by atoms with Crippen LogP contribution in [-0.4, -0.2) is 30.5 Å². The van der Waals surface area contributed by atoms with Crippen LogP contribution < -0.4 is 5.32 Å². The summed E-state index contributed by atoms with van der Waals surface area (Å²) in [6.07, 6.45) is 7.81. The van der Waals surface area contributed by atoms with Gasteiger partial charge in [0, 0.05) is 25.2 Å². The van der Waals surface area contributed by atoms with Crippen molar-refractivity contribution in [1.82, 2.24) is 24.5 Å². The van der Waals surface area contributed by atoms with Gasteiger partial charge in [0.2, 0.25) is 5.91 Å². The van der Waals surface area contributed by atoms with Gasteiger partial charge in [-0.1, -0.05) is 0 Å². The minimum atomic E-state index is -0.0107. The molecule has 0 saturated heterocycles. The fourth-order valence-electron chi connectivity index (χ4n) is 1.66. The third-order valence-electron chi connectivity index (χ3n) is 2.67. The molecule has 0 unspecified atom stereocenters. The molecule has 2 rings (SSSR count). The first-order valence-corrected chi connectivity index (χ1v) is 6.31. The lowest BCUT2D eigenvalue weighted by Crippen LogP contribution is -2.12. The smallest absolute Gasteiger partial charge is 0.224 e. The van der Waals surface area contributed by atoms with E-state index in [4.69, 9.17) is 0 Å². The van der Waals surface area contributed by atoms with Crippen molar-refractivity contribution < 1.29 is 4.79 Å². The van der Waals surface area contributed by atoms with Gasteiger partial charge in [-0.05, 0) is 20.3 Å².